The lowest BCUT2D eigenvalue weighted by Gasteiger charge is -2.02. The van der Waals surface area contributed by atoms with Gasteiger partial charge in [0.25, 0.3) is 0 Å². The van der Waals surface area contributed by atoms with Gasteiger partial charge in [-0.2, -0.15) is 11.8 Å². The van der Waals surface area contributed by atoms with Crippen molar-refractivity contribution in [3.05, 3.63) is 64.4 Å². The standard InChI is InChI=1S/C14H12ClNO2S/c15-12-4-1-10(2-5-12)8-19-9-13-6-3-11(7-16-13)14(17)18/h1-7H,8-9H2,(H,17,18). The molecule has 2 aromatic rings. The zero-order chi connectivity index (χ0) is 13.7. The van der Waals surface area contributed by atoms with Crippen molar-refractivity contribution in [3.63, 3.8) is 0 Å². The lowest BCUT2D eigenvalue weighted by molar-refractivity contribution is 0.0696. The van der Waals surface area contributed by atoms with Gasteiger partial charge in [-0.05, 0) is 29.8 Å². The molecule has 0 spiro atoms. The van der Waals surface area contributed by atoms with Crippen molar-refractivity contribution in [3.8, 4) is 0 Å². The van der Waals surface area contributed by atoms with Crippen molar-refractivity contribution in [1.82, 2.24) is 4.98 Å². The Labute approximate surface area is 120 Å². The Morgan fingerprint density at radius 2 is 1.89 bits per heavy atom. The SMILES string of the molecule is O=C(O)c1ccc(CSCc2ccc(Cl)cc2)nc1. The maximum absolute atomic E-state index is 10.7. The summed E-state index contributed by atoms with van der Waals surface area (Å²) in [5, 5.41) is 9.50. The van der Waals surface area contributed by atoms with Crippen molar-refractivity contribution >= 4 is 29.3 Å². The maximum Gasteiger partial charge on any atom is 0.337 e. The highest BCUT2D eigenvalue weighted by atomic mass is 35.5. The Hall–Kier alpha value is -1.52. The van der Waals surface area contributed by atoms with Gasteiger partial charge in [-0.3, -0.25) is 4.98 Å². The second-order valence-corrected chi connectivity index (χ2v) is 5.38. The number of benzene rings is 1. The van der Waals surface area contributed by atoms with E-state index in [0.717, 1.165) is 22.2 Å². The van der Waals surface area contributed by atoms with Crippen molar-refractivity contribution in [2.45, 2.75) is 11.5 Å². The van der Waals surface area contributed by atoms with Crippen molar-refractivity contribution in [2.24, 2.45) is 0 Å². The Morgan fingerprint density at radius 1 is 1.16 bits per heavy atom. The first-order chi connectivity index (χ1) is 9.15. The van der Waals surface area contributed by atoms with Crippen LogP contribution >= 0.6 is 23.4 Å². The molecule has 1 heterocycles. The van der Waals surface area contributed by atoms with Gasteiger partial charge in [-0.1, -0.05) is 23.7 Å². The van der Waals surface area contributed by atoms with Gasteiger partial charge in [0.05, 0.1) is 11.3 Å². The molecule has 0 saturated heterocycles. The van der Waals surface area contributed by atoms with E-state index in [1.807, 2.05) is 24.3 Å². The molecule has 0 aliphatic rings. The summed E-state index contributed by atoms with van der Waals surface area (Å²) in [6.45, 7) is 0. The highest BCUT2D eigenvalue weighted by molar-refractivity contribution is 7.97. The Balaban J connectivity index is 1.85. The molecular formula is C14H12ClNO2S. The summed E-state index contributed by atoms with van der Waals surface area (Å²) in [5.74, 6) is 0.676. The quantitative estimate of drug-likeness (QED) is 0.909. The van der Waals surface area contributed by atoms with E-state index in [-0.39, 0.29) is 5.56 Å². The molecule has 0 aliphatic heterocycles. The van der Waals surface area contributed by atoms with Gasteiger partial charge in [0.2, 0.25) is 0 Å². The smallest absolute Gasteiger partial charge is 0.337 e. The molecule has 98 valence electrons. The minimum atomic E-state index is -0.951. The fraction of sp³-hybridized carbons (Fsp3) is 0.143. The van der Waals surface area contributed by atoms with E-state index >= 15 is 0 Å². The predicted octanol–water partition coefficient (Wildman–Crippen LogP) is 3.87. The molecule has 2 rings (SSSR count). The normalized spacial score (nSPS) is 10.4. The summed E-state index contributed by atoms with van der Waals surface area (Å²) >= 11 is 7.54. The van der Waals surface area contributed by atoms with Crippen molar-refractivity contribution in [2.75, 3.05) is 0 Å². The largest absolute Gasteiger partial charge is 0.478 e. The van der Waals surface area contributed by atoms with Gasteiger partial charge in [0.1, 0.15) is 0 Å². The average molecular weight is 294 g/mol. The van der Waals surface area contributed by atoms with Crippen LogP contribution in [0.5, 0.6) is 0 Å². The van der Waals surface area contributed by atoms with E-state index in [4.69, 9.17) is 16.7 Å². The second kappa shape index (κ2) is 6.59. The monoisotopic (exact) mass is 293 g/mol. The summed E-state index contributed by atoms with van der Waals surface area (Å²) in [7, 11) is 0. The lowest BCUT2D eigenvalue weighted by Crippen LogP contribution is -1.98. The molecule has 0 amide bonds. The number of carboxylic acids is 1. The Kier molecular flexibility index (Phi) is 4.82. The van der Waals surface area contributed by atoms with Crippen LogP contribution < -0.4 is 0 Å². The highest BCUT2D eigenvalue weighted by Gasteiger charge is 2.03. The van der Waals surface area contributed by atoms with Gasteiger partial charge >= 0.3 is 5.97 Å². The number of carbonyl (C=O) groups is 1. The third-order valence-electron chi connectivity index (χ3n) is 2.50. The first-order valence-electron chi connectivity index (χ1n) is 5.65. The number of pyridine rings is 1. The van der Waals surface area contributed by atoms with E-state index in [1.165, 1.54) is 11.8 Å². The van der Waals surface area contributed by atoms with Gasteiger partial charge < -0.3 is 5.11 Å². The summed E-state index contributed by atoms with van der Waals surface area (Å²) in [6, 6.07) is 11.1. The molecule has 0 fully saturated rings. The molecule has 0 radical (unpaired) electrons. The van der Waals surface area contributed by atoms with Crippen molar-refractivity contribution in [1.29, 1.82) is 0 Å². The molecule has 1 N–H and O–H groups in total. The van der Waals surface area contributed by atoms with Crippen LogP contribution in [0.2, 0.25) is 5.02 Å². The first-order valence-corrected chi connectivity index (χ1v) is 7.19. The van der Waals surface area contributed by atoms with Crippen LogP contribution in [-0.2, 0) is 11.5 Å². The number of aromatic nitrogens is 1. The van der Waals surface area contributed by atoms with E-state index < -0.39 is 5.97 Å². The van der Waals surface area contributed by atoms with Gasteiger partial charge in [0.15, 0.2) is 0 Å². The summed E-state index contributed by atoms with van der Waals surface area (Å²) in [6.07, 6.45) is 1.39. The van der Waals surface area contributed by atoms with E-state index in [9.17, 15) is 4.79 Å². The average Bonchev–Trinajstić information content (AvgIpc) is 2.41. The summed E-state index contributed by atoms with van der Waals surface area (Å²) in [4.78, 5) is 14.8. The maximum atomic E-state index is 10.7. The number of hydrogen-bond donors (Lipinski definition) is 1. The molecule has 5 heteroatoms. The predicted molar refractivity (Wildman–Crippen MR) is 77.6 cm³/mol. The number of thioether (sulfide) groups is 1. The molecule has 0 saturated carbocycles. The molecular weight excluding hydrogens is 282 g/mol. The zero-order valence-corrected chi connectivity index (χ0v) is 11.6. The lowest BCUT2D eigenvalue weighted by atomic mass is 10.2. The molecule has 19 heavy (non-hydrogen) atoms. The van der Waals surface area contributed by atoms with Crippen LogP contribution in [0.1, 0.15) is 21.6 Å². The third kappa shape index (κ3) is 4.26. The van der Waals surface area contributed by atoms with Gasteiger partial charge in [0, 0.05) is 22.7 Å². The van der Waals surface area contributed by atoms with Crippen LogP contribution in [0, 0.1) is 0 Å². The molecule has 0 unspecified atom stereocenters. The summed E-state index contributed by atoms with van der Waals surface area (Å²) in [5.41, 5.74) is 2.30. The molecule has 0 atom stereocenters. The van der Waals surface area contributed by atoms with Crippen LogP contribution in [0.25, 0.3) is 0 Å². The fourth-order valence-corrected chi connectivity index (χ4v) is 2.53. The fourth-order valence-electron chi connectivity index (χ4n) is 1.49. The topological polar surface area (TPSA) is 50.2 Å². The number of halogens is 1. The number of hydrogen-bond acceptors (Lipinski definition) is 3. The Bertz CT molecular complexity index is 555. The van der Waals surface area contributed by atoms with Crippen LogP contribution in [-0.4, -0.2) is 16.1 Å². The number of rotatable bonds is 5. The third-order valence-corrected chi connectivity index (χ3v) is 3.79. The molecule has 1 aromatic heterocycles. The minimum Gasteiger partial charge on any atom is -0.478 e. The molecule has 3 nitrogen and oxygen atoms in total. The van der Waals surface area contributed by atoms with Crippen LogP contribution in [0.4, 0.5) is 0 Å². The summed E-state index contributed by atoms with van der Waals surface area (Å²) < 4.78 is 0. The van der Waals surface area contributed by atoms with Crippen LogP contribution in [0.3, 0.4) is 0 Å². The van der Waals surface area contributed by atoms with Crippen LogP contribution in [0.15, 0.2) is 42.6 Å². The highest BCUT2D eigenvalue weighted by Crippen LogP contribution is 2.18. The van der Waals surface area contributed by atoms with E-state index in [1.54, 1.807) is 23.9 Å². The number of nitrogens with zero attached hydrogens (tertiary/aromatic N) is 1. The number of carboxylic acid groups (broad SMARTS) is 1. The molecule has 0 bridgehead atoms. The molecule has 1 aromatic carbocycles. The van der Waals surface area contributed by atoms with E-state index in [2.05, 4.69) is 4.98 Å². The van der Waals surface area contributed by atoms with Gasteiger partial charge in [-0.25, -0.2) is 4.79 Å². The Morgan fingerprint density at radius 3 is 2.47 bits per heavy atom. The number of aromatic carboxylic acids is 1. The van der Waals surface area contributed by atoms with Crippen molar-refractivity contribution < 1.29 is 9.90 Å². The first kappa shape index (κ1) is 13.9. The second-order valence-electron chi connectivity index (χ2n) is 3.96. The zero-order valence-electron chi connectivity index (χ0n) is 10.0. The van der Waals surface area contributed by atoms with Gasteiger partial charge in [-0.15, -0.1) is 0 Å². The van der Waals surface area contributed by atoms with E-state index in [0.29, 0.717) is 0 Å². The molecule has 0 aliphatic carbocycles. The minimum absolute atomic E-state index is 0.214.